The normalized spacial score (nSPS) is 17.4. The number of sulfone groups is 1. The van der Waals surface area contributed by atoms with Crippen LogP contribution in [0.3, 0.4) is 0 Å². The minimum Gasteiger partial charge on any atom is -0.369 e. The van der Waals surface area contributed by atoms with Crippen LogP contribution in [0.25, 0.3) is 0 Å². The van der Waals surface area contributed by atoms with Gasteiger partial charge in [0, 0.05) is 30.4 Å². The lowest BCUT2D eigenvalue weighted by atomic mass is 10.2. The van der Waals surface area contributed by atoms with Crippen LogP contribution in [0.1, 0.15) is 34.9 Å². The van der Waals surface area contributed by atoms with Crippen molar-refractivity contribution in [2.24, 2.45) is 0 Å². The van der Waals surface area contributed by atoms with Crippen LogP contribution in [0.2, 0.25) is 0 Å². The molecule has 1 aliphatic heterocycles. The van der Waals surface area contributed by atoms with Crippen molar-refractivity contribution < 1.29 is 13.2 Å². The second kappa shape index (κ2) is 8.74. The number of aromatic nitrogens is 4. The number of nitrogens with zero attached hydrogens (tertiary/aromatic N) is 5. The van der Waals surface area contributed by atoms with Crippen LogP contribution in [-0.2, 0) is 9.84 Å². The summed E-state index contributed by atoms with van der Waals surface area (Å²) in [6.45, 7) is 0.865. The molecule has 3 heterocycles. The Kier molecular flexibility index (Phi) is 5.63. The summed E-state index contributed by atoms with van der Waals surface area (Å²) < 4.78 is 23.5. The van der Waals surface area contributed by atoms with Crippen molar-refractivity contribution in [3.8, 4) is 0 Å². The molecule has 2 aromatic heterocycles. The number of hydrogen-bond donors (Lipinski definition) is 2. The predicted molar refractivity (Wildman–Crippen MR) is 125 cm³/mol. The molecule has 0 radical (unpaired) electrons. The van der Waals surface area contributed by atoms with E-state index in [0.29, 0.717) is 36.2 Å². The van der Waals surface area contributed by atoms with Gasteiger partial charge in [0.05, 0.1) is 41.5 Å². The molecule has 1 amide bonds. The minimum absolute atomic E-state index is 0.130. The van der Waals surface area contributed by atoms with E-state index in [1.807, 2.05) is 23.1 Å². The molecule has 5 rings (SSSR count). The maximum absolute atomic E-state index is 13.2. The first-order valence-electron chi connectivity index (χ1n) is 10.7. The summed E-state index contributed by atoms with van der Waals surface area (Å²) in [5.41, 5.74) is 3.05. The SMILES string of the molecule is O=C(Nc1cccc(N2CCS(=O)(=O)CC2)c1)c1nc(C2CC2)cnc1Nc1cncnc1. The predicted octanol–water partition coefficient (Wildman–Crippen LogP) is 2.37. The van der Waals surface area contributed by atoms with Crippen molar-refractivity contribution in [1.82, 2.24) is 19.9 Å². The number of nitrogens with one attached hydrogen (secondary N) is 2. The van der Waals surface area contributed by atoms with Crippen molar-refractivity contribution in [2.45, 2.75) is 18.8 Å². The molecule has 33 heavy (non-hydrogen) atoms. The summed E-state index contributed by atoms with van der Waals surface area (Å²) in [4.78, 5) is 32.2. The molecule has 0 atom stereocenters. The van der Waals surface area contributed by atoms with Gasteiger partial charge in [0.2, 0.25) is 0 Å². The highest BCUT2D eigenvalue weighted by Gasteiger charge is 2.28. The first kappa shape index (κ1) is 21.3. The molecule has 0 bridgehead atoms. The second-order valence-corrected chi connectivity index (χ2v) is 10.5. The zero-order valence-corrected chi connectivity index (χ0v) is 18.6. The van der Waals surface area contributed by atoms with Gasteiger partial charge in [-0.05, 0) is 31.0 Å². The van der Waals surface area contributed by atoms with Crippen molar-refractivity contribution in [3.63, 3.8) is 0 Å². The van der Waals surface area contributed by atoms with Crippen molar-refractivity contribution in [3.05, 3.63) is 60.6 Å². The molecular weight excluding hydrogens is 442 g/mol. The maximum Gasteiger partial charge on any atom is 0.278 e. The van der Waals surface area contributed by atoms with Crippen molar-refractivity contribution in [1.29, 1.82) is 0 Å². The van der Waals surface area contributed by atoms with Gasteiger partial charge in [0.1, 0.15) is 6.33 Å². The smallest absolute Gasteiger partial charge is 0.278 e. The third kappa shape index (κ3) is 5.08. The van der Waals surface area contributed by atoms with E-state index in [-0.39, 0.29) is 23.1 Å². The molecule has 1 saturated heterocycles. The Morgan fingerprint density at radius 3 is 2.52 bits per heavy atom. The van der Waals surface area contributed by atoms with Gasteiger partial charge in [-0.3, -0.25) is 4.79 Å². The molecule has 1 aliphatic carbocycles. The first-order valence-corrected chi connectivity index (χ1v) is 12.5. The van der Waals surface area contributed by atoms with Crippen LogP contribution in [0, 0.1) is 0 Å². The third-order valence-electron chi connectivity index (χ3n) is 5.64. The van der Waals surface area contributed by atoms with E-state index in [0.717, 1.165) is 24.2 Å². The van der Waals surface area contributed by atoms with E-state index >= 15 is 0 Å². The van der Waals surface area contributed by atoms with E-state index in [1.54, 1.807) is 24.7 Å². The second-order valence-electron chi connectivity index (χ2n) is 8.16. The number of carbonyl (C=O) groups is 1. The molecular formula is C22H23N7O3S. The first-order chi connectivity index (χ1) is 16.0. The van der Waals surface area contributed by atoms with Gasteiger partial charge in [-0.15, -0.1) is 0 Å². The Hall–Kier alpha value is -3.60. The van der Waals surface area contributed by atoms with Gasteiger partial charge in [-0.1, -0.05) is 6.07 Å². The van der Waals surface area contributed by atoms with Gasteiger partial charge in [-0.2, -0.15) is 0 Å². The molecule has 1 aromatic carbocycles. The van der Waals surface area contributed by atoms with Crippen LogP contribution in [0.4, 0.5) is 22.9 Å². The molecule has 2 aliphatic rings. The minimum atomic E-state index is -2.97. The molecule has 2 fully saturated rings. The van der Waals surface area contributed by atoms with Gasteiger partial charge < -0.3 is 15.5 Å². The summed E-state index contributed by atoms with van der Waals surface area (Å²) in [6, 6.07) is 7.37. The fourth-order valence-electron chi connectivity index (χ4n) is 3.67. The van der Waals surface area contributed by atoms with Gasteiger partial charge >= 0.3 is 0 Å². The van der Waals surface area contributed by atoms with Gasteiger partial charge in [0.25, 0.3) is 5.91 Å². The largest absolute Gasteiger partial charge is 0.369 e. The number of amides is 1. The van der Waals surface area contributed by atoms with E-state index in [4.69, 9.17) is 0 Å². The van der Waals surface area contributed by atoms with Crippen molar-refractivity contribution >= 4 is 38.6 Å². The number of benzene rings is 1. The molecule has 0 unspecified atom stereocenters. The highest BCUT2D eigenvalue weighted by atomic mass is 32.2. The highest BCUT2D eigenvalue weighted by Crippen LogP contribution is 2.39. The van der Waals surface area contributed by atoms with E-state index in [2.05, 4.69) is 30.6 Å². The van der Waals surface area contributed by atoms with Crippen molar-refractivity contribution in [2.75, 3.05) is 40.1 Å². The maximum atomic E-state index is 13.2. The molecule has 170 valence electrons. The van der Waals surface area contributed by atoms with Crippen LogP contribution in [0.15, 0.2) is 49.2 Å². The number of hydrogen-bond acceptors (Lipinski definition) is 9. The summed E-state index contributed by atoms with van der Waals surface area (Å²) in [5.74, 6) is 0.542. The summed E-state index contributed by atoms with van der Waals surface area (Å²) in [6.07, 6.45) is 8.39. The average molecular weight is 466 g/mol. The monoisotopic (exact) mass is 465 g/mol. The lowest BCUT2D eigenvalue weighted by molar-refractivity contribution is 0.102. The standard InChI is InChI=1S/C22H23N7O3S/c30-22(27-16-2-1-3-18(10-16)29-6-8-33(31,32)9-7-29)20-21(26-17-11-23-14-24-12-17)25-13-19(28-20)15-4-5-15/h1-3,10-15H,4-9H2,(H,25,26)(H,27,30). The Balaban J connectivity index is 1.37. The zero-order valence-electron chi connectivity index (χ0n) is 17.8. The summed E-state index contributed by atoms with van der Waals surface area (Å²) >= 11 is 0. The topological polar surface area (TPSA) is 130 Å². The number of carbonyl (C=O) groups excluding carboxylic acids is 1. The molecule has 10 nitrogen and oxygen atoms in total. The zero-order chi connectivity index (χ0) is 22.8. The van der Waals surface area contributed by atoms with Crippen LogP contribution < -0.4 is 15.5 Å². The summed E-state index contributed by atoms with van der Waals surface area (Å²) in [7, 11) is -2.97. The Morgan fingerprint density at radius 2 is 1.79 bits per heavy atom. The fraction of sp³-hybridized carbons (Fsp3) is 0.318. The van der Waals surface area contributed by atoms with Crippen LogP contribution in [-0.4, -0.2) is 58.9 Å². The Morgan fingerprint density at radius 1 is 1.03 bits per heavy atom. The third-order valence-corrected chi connectivity index (χ3v) is 7.25. The lowest BCUT2D eigenvalue weighted by Crippen LogP contribution is -2.40. The number of rotatable bonds is 6. The van der Waals surface area contributed by atoms with Gasteiger partial charge in [-0.25, -0.2) is 28.4 Å². The quantitative estimate of drug-likeness (QED) is 0.563. The molecule has 1 saturated carbocycles. The highest BCUT2D eigenvalue weighted by molar-refractivity contribution is 7.91. The molecule has 3 aromatic rings. The van der Waals surface area contributed by atoms with Crippen LogP contribution in [0.5, 0.6) is 0 Å². The molecule has 0 spiro atoms. The Labute approximate surface area is 191 Å². The molecule has 11 heteroatoms. The van der Waals surface area contributed by atoms with Crippen LogP contribution >= 0.6 is 0 Å². The fourth-order valence-corrected chi connectivity index (χ4v) is 4.87. The lowest BCUT2D eigenvalue weighted by Gasteiger charge is -2.29. The molecule has 2 N–H and O–H groups in total. The summed E-state index contributed by atoms with van der Waals surface area (Å²) in [5, 5.41) is 5.98. The number of anilines is 4. The van der Waals surface area contributed by atoms with E-state index in [1.165, 1.54) is 6.33 Å². The van der Waals surface area contributed by atoms with Gasteiger partial charge in [0.15, 0.2) is 21.3 Å². The van der Waals surface area contributed by atoms with E-state index in [9.17, 15) is 13.2 Å². The van der Waals surface area contributed by atoms with E-state index < -0.39 is 9.84 Å². The Bertz CT molecular complexity index is 1270. The average Bonchev–Trinajstić information content (AvgIpc) is 3.66.